The highest BCUT2D eigenvalue weighted by Gasteiger charge is 2.35. The van der Waals surface area contributed by atoms with E-state index < -0.39 is 0 Å². The van der Waals surface area contributed by atoms with Crippen molar-refractivity contribution in [3.63, 3.8) is 0 Å². The van der Waals surface area contributed by atoms with Crippen molar-refractivity contribution in [1.29, 1.82) is 0 Å². The molecule has 1 aromatic heterocycles. The van der Waals surface area contributed by atoms with E-state index >= 15 is 0 Å². The minimum atomic E-state index is 0.0523. The highest BCUT2D eigenvalue weighted by molar-refractivity contribution is 8.01. The first-order valence-electron chi connectivity index (χ1n) is 11.1. The summed E-state index contributed by atoms with van der Waals surface area (Å²) in [4.78, 5) is 29.1. The van der Waals surface area contributed by atoms with E-state index in [1.807, 2.05) is 30.0 Å². The Labute approximate surface area is 195 Å². The summed E-state index contributed by atoms with van der Waals surface area (Å²) in [6.07, 6.45) is 4.40. The van der Waals surface area contributed by atoms with Crippen molar-refractivity contribution in [2.24, 2.45) is 0 Å². The monoisotopic (exact) mass is 474 g/mol. The number of fused-ring (bicyclic) bond motifs is 1. The number of benzene rings is 1. The summed E-state index contributed by atoms with van der Waals surface area (Å²) >= 11 is 2.79. The van der Waals surface area contributed by atoms with Crippen molar-refractivity contribution in [1.82, 2.24) is 15.1 Å². The minimum Gasteiger partial charge on any atom is -0.486 e. The van der Waals surface area contributed by atoms with E-state index in [0.717, 1.165) is 53.6 Å². The molecule has 1 aromatic carbocycles. The van der Waals surface area contributed by atoms with Crippen LogP contribution in [-0.2, 0) is 9.59 Å². The van der Waals surface area contributed by atoms with Crippen molar-refractivity contribution in [3.8, 4) is 11.5 Å². The van der Waals surface area contributed by atoms with Crippen LogP contribution in [0.5, 0.6) is 11.5 Å². The van der Waals surface area contributed by atoms with E-state index in [-0.39, 0.29) is 23.9 Å². The average molecular weight is 475 g/mol. The number of rotatable bonds is 7. The molecule has 32 heavy (non-hydrogen) atoms. The molecule has 0 N–H and O–H groups in total. The van der Waals surface area contributed by atoms with Crippen LogP contribution >= 0.6 is 23.1 Å². The normalized spacial score (nSPS) is 19.8. The smallest absolute Gasteiger partial charge is 0.233 e. The topological polar surface area (TPSA) is 84.9 Å². The lowest BCUT2D eigenvalue weighted by Gasteiger charge is -2.26. The van der Waals surface area contributed by atoms with Gasteiger partial charge in [-0.2, -0.15) is 0 Å². The molecular weight excluding hydrogens is 448 g/mol. The summed E-state index contributed by atoms with van der Waals surface area (Å²) in [6, 6.07) is 6.28. The number of ether oxygens (including phenoxy) is 2. The van der Waals surface area contributed by atoms with Gasteiger partial charge in [-0.25, -0.2) is 0 Å². The van der Waals surface area contributed by atoms with Gasteiger partial charge in [0.2, 0.25) is 16.9 Å². The van der Waals surface area contributed by atoms with Crippen molar-refractivity contribution < 1.29 is 19.1 Å². The van der Waals surface area contributed by atoms with Crippen LogP contribution in [0, 0.1) is 0 Å². The summed E-state index contributed by atoms with van der Waals surface area (Å²) in [6.45, 7) is 3.73. The molecule has 2 fully saturated rings. The van der Waals surface area contributed by atoms with Crippen LogP contribution in [0.3, 0.4) is 0 Å². The first kappa shape index (κ1) is 21.5. The summed E-state index contributed by atoms with van der Waals surface area (Å²) < 4.78 is 12.1. The van der Waals surface area contributed by atoms with E-state index in [4.69, 9.17) is 9.47 Å². The third-order valence-electron chi connectivity index (χ3n) is 5.93. The van der Waals surface area contributed by atoms with Crippen LogP contribution in [0.15, 0.2) is 22.5 Å². The zero-order valence-corrected chi connectivity index (χ0v) is 19.6. The van der Waals surface area contributed by atoms with Gasteiger partial charge in [-0.3, -0.25) is 14.5 Å². The fourth-order valence-corrected chi connectivity index (χ4v) is 6.03. The highest BCUT2D eigenvalue weighted by Crippen LogP contribution is 2.39. The number of carbonyl (C=O) groups is 2. The molecule has 0 bridgehead atoms. The van der Waals surface area contributed by atoms with E-state index in [0.29, 0.717) is 30.5 Å². The number of aromatic nitrogens is 2. The Kier molecular flexibility index (Phi) is 6.23. The Morgan fingerprint density at radius 2 is 2.00 bits per heavy atom. The van der Waals surface area contributed by atoms with Crippen LogP contribution in [0.2, 0.25) is 0 Å². The Hall–Kier alpha value is -2.33. The lowest BCUT2D eigenvalue weighted by atomic mass is 10.0. The first-order valence-corrected chi connectivity index (χ1v) is 12.9. The molecule has 2 aliphatic heterocycles. The molecule has 0 spiro atoms. The van der Waals surface area contributed by atoms with Gasteiger partial charge in [0.05, 0.1) is 11.8 Å². The fourth-order valence-electron chi connectivity index (χ4n) is 4.21. The van der Waals surface area contributed by atoms with Crippen LogP contribution in [0.4, 0.5) is 5.13 Å². The van der Waals surface area contributed by atoms with Crippen molar-refractivity contribution in [2.75, 3.05) is 30.4 Å². The van der Waals surface area contributed by atoms with Gasteiger partial charge in [-0.15, -0.1) is 10.2 Å². The first-order chi connectivity index (χ1) is 15.6. The third kappa shape index (κ3) is 4.43. The van der Waals surface area contributed by atoms with Crippen molar-refractivity contribution in [3.05, 3.63) is 23.8 Å². The highest BCUT2D eigenvalue weighted by atomic mass is 32.2. The van der Waals surface area contributed by atoms with Gasteiger partial charge in [0.15, 0.2) is 15.8 Å². The van der Waals surface area contributed by atoms with Gasteiger partial charge in [0, 0.05) is 19.0 Å². The van der Waals surface area contributed by atoms with Gasteiger partial charge >= 0.3 is 0 Å². The average Bonchev–Trinajstić information content (AvgIpc) is 3.33. The number of hydrogen-bond acceptors (Lipinski definition) is 8. The van der Waals surface area contributed by atoms with E-state index in [9.17, 15) is 9.59 Å². The zero-order chi connectivity index (χ0) is 22.1. The Morgan fingerprint density at radius 1 is 1.19 bits per heavy atom. The van der Waals surface area contributed by atoms with Crippen molar-refractivity contribution in [2.45, 2.75) is 55.5 Å². The van der Waals surface area contributed by atoms with Crippen LogP contribution in [-0.4, -0.2) is 58.5 Å². The largest absolute Gasteiger partial charge is 0.486 e. The predicted octanol–water partition coefficient (Wildman–Crippen LogP) is 3.67. The van der Waals surface area contributed by atoms with Crippen LogP contribution < -0.4 is 14.4 Å². The molecule has 1 unspecified atom stereocenters. The van der Waals surface area contributed by atoms with E-state index in [1.165, 1.54) is 23.1 Å². The molecule has 2 amide bonds. The maximum absolute atomic E-state index is 13.0. The van der Waals surface area contributed by atoms with E-state index in [1.54, 1.807) is 4.90 Å². The van der Waals surface area contributed by atoms with Gasteiger partial charge in [-0.05, 0) is 43.4 Å². The molecular formula is C22H26N4O4S2. The second kappa shape index (κ2) is 9.27. The molecule has 3 aliphatic rings. The number of likely N-dealkylation sites (tertiary alicyclic amines) is 1. The molecule has 5 rings (SSSR count). The van der Waals surface area contributed by atoms with Gasteiger partial charge in [0.25, 0.3) is 0 Å². The number of amides is 2. The Balaban J connectivity index is 1.22. The lowest BCUT2D eigenvalue weighted by molar-refractivity contribution is -0.129. The Morgan fingerprint density at radius 3 is 2.78 bits per heavy atom. The summed E-state index contributed by atoms with van der Waals surface area (Å²) in [5.74, 6) is 2.00. The molecule has 1 atom stereocenters. The molecule has 8 nitrogen and oxygen atoms in total. The molecule has 1 saturated carbocycles. The maximum Gasteiger partial charge on any atom is 0.233 e. The maximum atomic E-state index is 13.0. The van der Waals surface area contributed by atoms with Crippen molar-refractivity contribution >= 4 is 40.0 Å². The van der Waals surface area contributed by atoms with Gasteiger partial charge in [-0.1, -0.05) is 36.1 Å². The lowest BCUT2D eigenvalue weighted by Crippen LogP contribution is -2.32. The third-order valence-corrected chi connectivity index (χ3v) is 7.97. The molecule has 3 heterocycles. The minimum absolute atomic E-state index is 0.0523. The predicted molar refractivity (Wildman–Crippen MR) is 123 cm³/mol. The molecule has 0 radical (unpaired) electrons. The second-order valence-corrected chi connectivity index (χ2v) is 10.3. The molecule has 2 aromatic rings. The Bertz CT molecular complexity index is 1010. The van der Waals surface area contributed by atoms with Gasteiger partial charge < -0.3 is 14.4 Å². The van der Waals surface area contributed by atoms with Crippen LogP contribution in [0.25, 0.3) is 0 Å². The number of anilines is 1. The second-order valence-electron chi connectivity index (χ2n) is 8.14. The molecule has 170 valence electrons. The fraction of sp³-hybridized carbons (Fsp3) is 0.545. The molecule has 1 saturated heterocycles. The molecule has 1 aliphatic carbocycles. The number of carbonyl (C=O) groups excluding carboxylic acids is 2. The SMILES string of the molecule is CCC(=O)N(c1nnc(SCC(=O)N2CCCC2c2ccc3c(c2)OCCO3)s1)C1CC1. The van der Waals surface area contributed by atoms with E-state index in [2.05, 4.69) is 10.2 Å². The summed E-state index contributed by atoms with van der Waals surface area (Å²) in [5.41, 5.74) is 1.08. The number of hydrogen-bond donors (Lipinski definition) is 0. The quantitative estimate of drug-likeness (QED) is 0.447. The summed E-state index contributed by atoms with van der Waals surface area (Å²) in [7, 11) is 0. The number of nitrogens with zero attached hydrogens (tertiary/aromatic N) is 4. The number of thioether (sulfide) groups is 1. The standard InChI is InChI=1S/C22H26N4O4S2/c1-2-19(27)26(15-6-7-15)21-23-24-22(32-21)31-13-20(28)25-9-3-4-16(25)14-5-8-17-18(12-14)30-11-10-29-17/h5,8,12,15-16H,2-4,6-7,9-11,13H2,1H3. The summed E-state index contributed by atoms with van der Waals surface area (Å²) in [5, 5.41) is 9.10. The zero-order valence-electron chi connectivity index (χ0n) is 18.0. The molecule has 10 heteroatoms. The van der Waals surface area contributed by atoms with Crippen LogP contribution in [0.1, 0.15) is 50.6 Å². The van der Waals surface area contributed by atoms with Gasteiger partial charge in [0.1, 0.15) is 13.2 Å².